The monoisotopic (exact) mass is 398 g/mol. The molecule has 150 valence electrons. The lowest BCUT2D eigenvalue weighted by molar-refractivity contribution is -0.137. The summed E-state index contributed by atoms with van der Waals surface area (Å²) >= 11 is 0. The highest BCUT2D eigenvalue weighted by Gasteiger charge is 2.30. The summed E-state index contributed by atoms with van der Waals surface area (Å²) in [6.07, 6.45) is -3.74. The lowest BCUT2D eigenvalue weighted by Gasteiger charge is -2.22. The molecule has 0 N–H and O–H groups in total. The minimum atomic E-state index is -4.37. The molecule has 0 bridgehead atoms. The highest BCUT2D eigenvalue weighted by molar-refractivity contribution is 5.94. The topological polar surface area (TPSA) is 23.6 Å². The van der Waals surface area contributed by atoms with Gasteiger partial charge in [-0.2, -0.15) is 13.2 Å². The molecule has 0 spiro atoms. The zero-order valence-electron chi connectivity index (χ0n) is 15.0. The fourth-order valence-corrected chi connectivity index (χ4v) is 3.22. The quantitative estimate of drug-likeness (QED) is 0.719. The van der Waals surface area contributed by atoms with Gasteiger partial charge in [-0.1, -0.05) is 12.1 Å². The molecule has 0 unspecified atom stereocenters. The van der Waals surface area contributed by atoms with E-state index >= 15 is 0 Å². The molecule has 28 heavy (non-hydrogen) atoms. The number of hydrogen-bond acceptors (Lipinski definition) is 2. The minimum Gasteiger partial charge on any atom is -0.337 e. The van der Waals surface area contributed by atoms with Crippen LogP contribution in [0.15, 0.2) is 42.5 Å². The summed E-state index contributed by atoms with van der Waals surface area (Å²) in [5.74, 6) is -2.01. The van der Waals surface area contributed by atoms with Crippen LogP contribution >= 0.6 is 0 Å². The Kier molecular flexibility index (Phi) is 5.98. The molecule has 1 aliphatic rings. The molecule has 3 rings (SSSR count). The molecule has 2 aromatic rings. The second kappa shape index (κ2) is 8.26. The van der Waals surface area contributed by atoms with Gasteiger partial charge in [0.2, 0.25) is 0 Å². The third-order valence-electron chi connectivity index (χ3n) is 4.72. The SMILES string of the molecule is O=C(c1cc(F)ccc1F)N1CCCN(Cc2ccc(C(F)(F)F)cc2)CC1. The second-order valence-corrected chi connectivity index (χ2v) is 6.74. The van der Waals surface area contributed by atoms with Gasteiger partial charge in [0.05, 0.1) is 11.1 Å². The maximum atomic E-state index is 13.9. The summed E-state index contributed by atoms with van der Waals surface area (Å²) < 4.78 is 65.1. The highest BCUT2D eigenvalue weighted by Crippen LogP contribution is 2.29. The first kappa shape index (κ1) is 20.3. The molecule has 0 atom stereocenters. The summed E-state index contributed by atoms with van der Waals surface area (Å²) in [4.78, 5) is 16.0. The number of amides is 1. The molecule has 0 saturated carbocycles. The number of rotatable bonds is 3. The first-order chi connectivity index (χ1) is 13.2. The van der Waals surface area contributed by atoms with Crippen molar-refractivity contribution in [1.29, 1.82) is 0 Å². The molecule has 3 nitrogen and oxygen atoms in total. The van der Waals surface area contributed by atoms with Crippen molar-refractivity contribution < 1.29 is 26.7 Å². The van der Waals surface area contributed by atoms with Crippen molar-refractivity contribution >= 4 is 5.91 Å². The van der Waals surface area contributed by atoms with Gasteiger partial charge in [-0.05, 0) is 42.3 Å². The number of carbonyl (C=O) groups excluding carboxylic acids is 1. The van der Waals surface area contributed by atoms with Gasteiger partial charge in [0.1, 0.15) is 11.6 Å². The highest BCUT2D eigenvalue weighted by atomic mass is 19.4. The zero-order valence-corrected chi connectivity index (χ0v) is 15.0. The molecular formula is C20H19F5N2O. The van der Waals surface area contributed by atoms with E-state index in [-0.39, 0.29) is 5.56 Å². The van der Waals surface area contributed by atoms with E-state index in [2.05, 4.69) is 0 Å². The van der Waals surface area contributed by atoms with E-state index in [0.717, 1.165) is 35.9 Å². The largest absolute Gasteiger partial charge is 0.416 e. The summed E-state index contributed by atoms with van der Waals surface area (Å²) in [7, 11) is 0. The lowest BCUT2D eigenvalue weighted by Crippen LogP contribution is -2.35. The van der Waals surface area contributed by atoms with Gasteiger partial charge in [-0.15, -0.1) is 0 Å². The van der Waals surface area contributed by atoms with Gasteiger partial charge in [-0.25, -0.2) is 8.78 Å². The Morgan fingerprint density at radius 3 is 2.32 bits per heavy atom. The van der Waals surface area contributed by atoms with Crippen molar-refractivity contribution in [3.8, 4) is 0 Å². The molecule has 0 radical (unpaired) electrons. The molecule has 2 aromatic carbocycles. The third kappa shape index (κ3) is 4.86. The molecule has 0 aliphatic carbocycles. The number of benzene rings is 2. The second-order valence-electron chi connectivity index (χ2n) is 6.74. The van der Waals surface area contributed by atoms with Crippen LogP contribution in [-0.2, 0) is 12.7 Å². The van der Waals surface area contributed by atoms with Crippen molar-refractivity contribution in [3.05, 3.63) is 70.8 Å². The van der Waals surface area contributed by atoms with Crippen molar-refractivity contribution in [2.75, 3.05) is 26.2 Å². The van der Waals surface area contributed by atoms with E-state index in [9.17, 15) is 26.7 Å². The van der Waals surface area contributed by atoms with E-state index < -0.39 is 29.3 Å². The van der Waals surface area contributed by atoms with E-state index in [0.29, 0.717) is 39.1 Å². The van der Waals surface area contributed by atoms with Crippen LogP contribution in [0.5, 0.6) is 0 Å². The Balaban J connectivity index is 1.62. The molecule has 8 heteroatoms. The van der Waals surface area contributed by atoms with Gasteiger partial charge >= 0.3 is 6.18 Å². The fourth-order valence-electron chi connectivity index (χ4n) is 3.22. The maximum Gasteiger partial charge on any atom is 0.416 e. The lowest BCUT2D eigenvalue weighted by atomic mass is 10.1. The van der Waals surface area contributed by atoms with Crippen LogP contribution in [0.4, 0.5) is 22.0 Å². The minimum absolute atomic E-state index is 0.295. The molecule has 1 heterocycles. The smallest absolute Gasteiger partial charge is 0.337 e. The molecule has 1 aliphatic heterocycles. The van der Waals surface area contributed by atoms with E-state index in [1.54, 1.807) is 0 Å². The van der Waals surface area contributed by atoms with Crippen LogP contribution in [0.2, 0.25) is 0 Å². The van der Waals surface area contributed by atoms with E-state index in [1.165, 1.54) is 17.0 Å². The molecule has 0 aromatic heterocycles. The third-order valence-corrected chi connectivity index (χ3v) is 4.72. The molecule has 1 fully saturated rings. The maximum absolute atomic E-state index is 13.9. The van der Waals surface area contributed by atoms with Crippen LogP contribution in [0, 0.1) is 11.6 Å². The Hall–Kier alpha value is -2.48. The van der Waals surface area contributed by atoms with E-state index in [4.69, 9.17) is 0 Å². The summed E-state index contributed by atoms with van der Waals surface area (Å²) in [5.41, 5.74) is -0.249. The Labute approximate surface area is 159 Å². The van der Waals surface area contributed by atoms with Crippen LogP contribution in [0.1, 0.15) is 27.9 Å². The fraction of sp³-hybridized carbons (Fsp3) is 0.350. The summed E-state index contributed by atoms with van der Waals surface area (Å²) in [5, 5.41) is 0. The first-order valence-corrected chi connectivity index (χ1v) is 8.87. The zero-order chi connectivity index (χ0) is 20.3. The van der Waals surface area contributed by atoms with Crippen molar-refractivity contribution in [2.45, 2.75) is 19.1 Å². The number of hydrogen-bond donors (Lipinski definition) is 0. The Bertz CT molecular complexity index is 835. The predicted octanol–water partition coefficient (Wildman–Crippen LogP) is 4.33. The average molecular weight is 398 g/mol. The van der Waals surface area contributed by atoms with Gasteiger partial charge in [-0.3, -0.25) is 9.69 Å². The van der Waals surface area contributed by atoms with Gasteiger partial charge in [0, 0.05) is 32.7 Å². The number of alkyl halides is 3. The number of halogens is 5. The Morgan fingerprint density at radius 2 is 1.64 bits per heavy atom. The van der Waals surface area contributed by atoms with E-state index in [1.807, 2.05) is 4.90 Å². The van der Waals surface area contributed by atoms with Crippen molar-refractivity contribution in [1.82, 2.24) is 9.80 Å². The number of carbonyl (C=O) groups is 1. The summed E-state index contributed by atoms with van der Waals surface area (Å²) in [6.45, 7) is 2.32. The standard InChI is InChI=1S/C20H19F5N2O/c21-16-6-7-18(22)17(12-16)19(28)27-9-1-8-26(10-11-27)13-14-2-4-15(5-3-14)20(23,24)25/h2-7,12H,1,8-11,13H2. The molecule has 1 amide bonds. The van der Waals surface area contributed by atoms with Gasteiger partial charge in [0.15, 0.2) is 0 Å². The van der Waals surface area contributed by atoms with Gasteiger partial charge < -0.3 is 4.90 Å². The van der Waals surface area contributed by atoms with Crippen molar-refractivity contribution in [3.63, 3.8) is 0 Å². The van der Waals surface area contributed by atoms with Crippen LogP contribution < -0.4 is 0 Å². The number of nitrogens with zero attached hydrogens (tertiary/aromatic N) is 2. The van der Waals surface area contributed by atoms with Crippen molar-refractivity contribution in [2.24, 2.45) is 0 Å². The van der Waals surface area contributed by atoms with Crippen LogP contribution in [0.25, 0.3) is 0 Å². The predicted molar refractivity (Wildman–Crippen MR) is 93.6 cm³/mol. The first-order valence-electron chi connectivity index (χ1n) is 8.87. The van der Waals surface area contributed by atoms with Gasteiger partial charge in [0.25, 0.3) is 5.91 Å². The molecule has 1 saturated heterocycles. The molecular weight excluding hydrogens is 379 g/mol. The Morgan fingerprint density at radius 1 is 0.929 bits per heavy atom. The summed E-state index contributed by atoms with van der Waals surface area (Å²) in [6, 6.07) is 7.77. The van der Waals surface area contributed by atoms with Crippen LogP contribution in [-0.4, -0.2) is 41.9 Å². The normalized spacial score (nSPS) is 16.1. The van der Waals surface area contributed by atoms with Crippen LogP contribution in [0.3, 0.4) is 0 Å². The average Bonchev–Trinajstić information content (AvgIpc) is 2.88.